The molecule has 1 aliphatic heterocycles. The summed E-state index contributed by atoms with van der Waals surface area (Å²) in [5.41, 5.74) is 0.126. The van der Waals surface area contributed by atoms with Crippen molar-refractivity contribution in [1.82, 2.24) is 14.9 Å². The number of carbonyl (C=O) groups is 2. The topological polar surface area (TPSA) is 125 Å². The molecule has 0 bridgehead atoms. The second kappa shape index (κ2) is 13.2. The molecular formula is C25H35N3O6S2. The van der Waals surface area contributed by atoms with Gasteiger partial charge in [-0.05, 0) is 50.1 Å². The third-order valence-corrected chi connectivity index (χ3v) is 9.77. The van der Waals surface area contributed by atoms with Crippen LogP contribution < -0.4 is 15.4 Å². The number of nitrogens with one attached hydrogen (secondary N) is 2. The first-order chi connectivity index (χ1) is 17.3. The van der Waals surface area contributed by atoms with E-state index in [1.807, 2.05) is 0 Å². The minimum atomic E-state index is -3.96. The van der Waals surface area contributed by atoms with Gasteiger partial charge < -0.3 is 20.5 Å². The fraction of sp³-hybridized carbons (Fsp3) is 0.520. The first kappa shape index (κ1) is 28.1. The van der Waals surface area contributed by atoms with Crippen LogP contribution in [0.15, 0.2) is 34.5 Å². The summed E-state index contributed by atoms with van der Waals surface area (Å²) in [6.45, 7) is 3.80. The summed E-state index contributed by atoms with van der Waals surface area (Å²) in [5.74, 6) is -1.14. The third-order valence-electron chi connectivity index (χ3n) is 6.23. The van der Waals surface area contributed by atoms with Gasteiger partial charge in [0.1, 0.15) is 9.96 Å². The fourth-order valence-corrected chi connectivity index (χ4v) is 7.38. The molecule has 2 heterocycles. The van der Waals surface area contributed by atoms with Gasteiger partial charge in [0.15, 0.2) is 0 Å². The van der Waals surface area contributed by atoms with E-state index in [4.69, 9.17) is 4.74 Å². The molecular weight excluding hydrogens is 502 g/mol. The Morgan fingerprint density at radius 2 is 1.92 bits per heavy atom. The van der Waals surface area contributed by atoms with Crippen LogP contribution in [0.5, 0.6) is 5.75 Å². The number of carboxylic acid groups (broad SMARTS) is 1. The number of nitrogens with zero attached hydrogens (tertiary/aromatic N) is 1. The number of rotatable bonds is 13. The summed E-state index contributed by atoms with van der Waals surface area (Å²) in [5, 5.41) is 15.9. The molecule has 1 fully saturated rings. The predicted octanol–water partition coefficient (Wildman–Crippen LogP) is 3.71. The highest BCUT2D eigenvalue weighted by Gasteiger charge is 2.34. The standard InChI is InChI=1S/C25H35N3O6S2/c1-3-4-5-6-12-26-19-10-13-28(14-11-19)36(32,33)25-22(24(30)31)16-21(35-25)17-27-23(29)18-8-7-9-20(15-18)34-2/h7-9,15-16,19,26H,3-6,10-14,17H2,1-2H3,(H,27,29)(H,30,31). The molecule has 36 heavy (non-hydrogen) atoms. The van der Waals surface area contributed by atoms with Gasteiger partial charge in [0.05, 0.1) is 19.2 Å². The summed E-state index contributed by atoms with van der Waals surface area (Å²) < 4.78 is 33.0. The maximum atomic E-state index is 13.3. The highest BCUT2D eigenvalue weighted by molar-refractivity contribution is 7.91. The number of methoxy groups -OCH3 is 1. The molecule has 0 atom stereocenters. The van der Waals surface area contributed by atoms with Crippen molar-refractivity contribution in [3.8, 4) is 5.75 Å². The number of amides is 1. The van der Waals surface area contributed by atoms with Crippen molar-refractivity contribution >= 4 is 33.2 Å². The Morgan fingerprint density at radius 3 is 2.58 bits per heavy atom. The summed E-state index contributed by atoms with van der Waals surface area (Å²) >= 11 is 0.890. The Bertz CT molecular complexity index is 1140. The minimum absolute atomic E-state index is 0.0144. The third kappa shape index (κ3) is 7.28. The number of aromatic carboxylic acids is 1. The van der Waals surface area contributed by atoms with E-state index < -0.39 is 16.0 Å². The fourth-order valence-electron chi connectivity index (χ4n) is 4.16. The molecule has 0 spiro atoms. The van der Waals surface area contributed by atoms with Crippen LogP contribution in [-0.4, -0.2) is 62.5 Å². The first-order valence-electron chi connectivity index (χ1n) is 12.3. The van der Waals surface area contributed by atoms with Gasteiger partial charge in [-0.1, -0.05) is 32.3 Å². The average Bonchev–Trinajstić information content (AvgIpc) is 3.33. The van der Waals surface area contributed by atoms with Gasteiger partial charge in [-0.25, -0.2) is 13.2 Å². The number of unbranched alkanes of at least 4 members (excludes halogenated alkanes) is 3. The molecule has 9 nitrogen and oxygen atoms in total. The lowest BCUT2D eigenvalue weighted by molar-refractivity contribution is 0.0693. The van der Waals surface area contributed by atoms with E-state index in [-0.39, 0.29) is 28.3 Å². The Labute approximate surface area is 216 Å². The zero-order valence-electron chi connectivity index (χ0n) is 20.8. The Kier molecular flexibility index (Phi) is 10.3. The van der Waals surface area contributed by atoms with E-state index in [0.717, 1.165) is 24.3 Å². The second-order valence-electron chi connectivity index (χ2n) is 8.83. The van der Waals surface area contributed by atoms with Gasteiger partial charge in [-0.2, -0.15) is 4.31 Å². The van der Waals surface area contributed by atoms with Crippen molar-refractivity contribution in [3.63, 3.8) is 0 Å². The number of hydrogen-bond donors (Lipinski definition) is 3. The van der Waals surface area contributed by atoms with E-state index in [0.29, 0.717) is 42.1 Å². The Morgan fingerprint density at radius 1 is 1.17 bits per heavy atom. The van der Waals surface area contributed by atoms with Crippen LogP contribution >= 0.6 is 11.3 Å². The maximum Gasteiger partial charge on any atom is 0.337 e. The molecule has 11 heteroatoms. The minimum Gasteiger partial charge on any atom is -0.497 e. The van der Waals surface area contributed by atoms with Gasteiger partial charge in [0.25, 0.3) is 15.9 Å². The zero-order valence-corrected chi connectivity index (χ0v) is 22.4. The predicted molar refractivity (Wildman–Crippen MR) is 139 cm³/mol. The van der Waals surface area contributed by atoms with Crippen molar-refractivity contribution in [2.45, 2.75) is 62.2 Å². The van der Waals surface area contributed by atoms with Crippen LogP contribution in [-0.2, 0) is 16.6 Å². The summed E-state index contributed by atoms with van der Waals surface area (Å²) in [4.78, 5) is 24.8. The molecule has 0 saturated carbocycles. The number of hydrogen-bond acceptors (Lipinski definition) is 7. The van der Waals surface area contributed by atoms with Gasteiger partial charge >= 0.3 is 5.97 Å². The van der Waals surface area contributed by atoms with E-state index in [1.54, 1.807) is 24.3 Å². The van der Waals surface area contributed by atoms with Crippen molar-refractivity contribution in [1.29, 1.82) is 0 Å². The van der Waals surface area contributed by atoms with E-state index in [9.17, 15) is 23.1 Å². The maximum absolute atomic E-state index is 13.3. The van der Waals surface area contributed by atoms with Gasteiger partial charge in [-0.15, -0.1) is 11.3 Å². The lowest BCUT2D eigenvalue weighted by Crippen LogP contribution is -2.45. The molecule has 0 unspecified atom stereocenters. The number of sulfonamides is 1. The number of carboxylic acids is 1. The molecule has 0 radical (unpaired) electrons. The zero-order chi connectivity index (χ0) is 26.1. The normalized spacial score (nSPS) is 15.1. The smallest absolute Gasteiger partial charge is 0.337 e. The highest BCUT2D eigenvalue weighted by Crippen LogP contribution is 2.31. The van der Waals surface area contributed by atoms with Crippen LogP contribution in [0.3, 0.4) is 0 Å². The van der Waals surface area contributed by atoms with Crippen LogP contribution in [0.1, 0.15) is 71.0 Å². The van der Waals surface area contributed by atoms with Gasteiger partial charge in [-0.3, -0.25) is 4.79 Å². The molecule has 1 aromatic carbocycles. The quantitative estimate of drug-likeness (QED) is 0.333. The van der Waals surface area contributed by atoms with E-state index >= 15 is 0 Å². The monoisotopic (exact) mass is 537 g/mol. The molecule has 3 rings (SSSR count). The largest absolute Gasteiger partial charge is 0.497 e. The van der Waals surface area contributed by atoms with Crippen LogP contribution in [0.25, 0.3) is 0 Å². The summed E-state index contributed by atoms with van der Waals surface area (Å²) in [6, 6.07) is 8.23. The lowest BCUT2D eigenvalue weighted by Gasteiger charge is -2.31. The lowest BCUT2D eigenvalue weighted by atomic mass is 10.1. The summed E-state index contributed by atoms with van der Waals surface area (Å²) in [7, 11) is -2.45. The van der Waals surface area contributed by atoms with Crippen LogP contribution in [0, 0.1) is 0 Å². The molecule has 3 N–H and O–H groups in total. The van der Waals surface area contributed by atoms with Crippen LogP contribution in [0.2, 0.25) is 0 Å². The van der Waals surface area contributed by atoms with Gasteiger partial charge in [0, 0.05) is 29.6 Å². The van der Waals surface area contributed by atoms with Crippen molar-refractivity contribution in [2.75, 3.05) is 26.7 Å². The first-order valence-corrected chi connectivity index (χ1v) is 14.5. The van der Waals surface area contributed by atoms with Gasteiger partial charge in [0.2, 0.25) is 0 Å². The van der Waals surface area contributed by atoms with Crippen molar-refractivity contribution < 1.29 is 27.9 Å². The molecule has 1 aliphatic rings. The van der Waals surface area contributed by atoms with E-state index in [2.05, 4.69) is 17.6 Å². The molecule has 0 aliphatic carbocycles. The number of ether oxygens (including phenoxy) is 1. The second-order valence-corrected chi connectivity index (χ2v) is 12.1. The number of thiophene rings is 1. The average molecular weight is 538 g/mol. The van der Waals surface area contributed by atoms with E-state index in [1.165, 1.54) is 36.7 Å². The van der Waals surface area contributed by atoms with Crippen molar-refractivity contribution in [2.24, 2.45) is 0 Å². The molecule has 1 saturated heterocycles. The highest BCUT2D eigenvalue weighted by atomic mass is 32.2. The van der Waals surface area contributed by atoms with Crippen LogP contribution in [0.4, 0.5) is 0 Å². The number of piperidine rings is 1. The molecule has 198 valence electrons. The molecule has 2 aromatic rings. The van der Waals surface area contributed by atoms with Crippen molar-refractivity contribution in [3.05, 3.63) is 46.3 Å². The molecule has 1 aromatic heterocycles. The SMILES string of the molecule is CCCCCCNC1CCN(S(=O)(=O)c2sc(CNC(=O)c3cccc(OC)c3)cc2C(=O)O)CC1. The number of carbonyl (C=O) groups excluding carboxylic acids is 1. The number of benzene rings is 1. The summed E-state index contributed by atoms with van der Waals surface area (Å²) in [6.07, 6.45) is 6.08. The Balaban J connectivity index is 1.63. The Hall–Kier alpha value is -2.47. The molecule has 1 amide bonds.